The van der Waals surface area contributed by atoms with Crippen LogP contribution >= 0.6 is 0 Å². The second-order valence-electron chi connectivity index (χ2n) is 3.45. The predicted molar refractivity (Wildman–Crippen MR) is 66.6 cm³/mol. The van der Waals surface area contributed by atoms with Crippen molar-refractivity contribution < 1.29 is 19.0 Å². The van der Waals surface area contributed by atoms with E-state index in [1.54, 1.807) is 7.11 Å². The van der Waals surface area contributed by atoms with Crippen LogP contribution in [0.1, 0.15) is 26.2 Å². The molecule has 0 saturated heterocycles. The number of carbonyl (C=O) groups excluding carboxylic acids is 1. The molecule has 0 N–H and O–H groups in total. The van der Waals surface area contributed by atoms with E-state index in [4.69, 9.17) is 9.47 Å². The lowest BCUT2D eigenvalue weighted by Gasteiger charge is -2.12. The largest absolute Gasteiger partial charge is 0.469 e. The first-order chi connectivity index (χ1) is 8.24. The van der Waals surface area contributed by atoms with Crippen molar-refractivity contribution in [3.05, 3.63) is 24.3 Å². The maximum atomic E-state index is 11.0. The quantitative estimate of drug-likeness (QED) is 0.354. The molecule has 0 spiro atoms. The molecule has 4 heteroatoms. The maximum absolute atomic E-state index is 11.0. The monoisotopic (exact) mass is 242 g/mol. The summed E-state index contributed by atoms with van der Waals surface area (Å²) in [5.41, 5.74) is 0. The molecule has 0 fully saturated rings. The molecule has 4 nitrogen and oxygen atoms in total. The van der Waals surface area contributed by atoms with Crippen LogP contribution in [0.5, 0.6) is 0 Å². The molecule has 1 atom stereocenters. The van der Waals surface area contributed by atoms with Gasteiger partial charge in [-0.15, -0.1) is 0 Å². The second kappa shape index (κ2) is 11.4. The molecular weight excluding hydrogens is 220 g/mol. The van der Waals surface area contributed by atoms with Crippen molar-refractivity contribution in [3.8, 4) is 0 Å². The highest BCUT2D eigenvalue weighted by atomic mass is 16.7. The lowest BCUT2D eigenvalue weighted by molar-refractivity contribution is -0.141. The predicted octanol–water partition coefficient (Wildman–Crippen LogP) is 2.45. The van der Waals surface area contributed by atoms with Crippen molar-refractivity contribution in [2.75, 3.05) is 21.0 Å². The standard InChI is InChI=1S/C13H22O4/c1-4-5-6-7-8-12(17-11-15-2)9-10-13(14)16-3/h5-8,12H,4,9-11H2,1-3H3/b6-5+,8-7+/t12-/m1/s1. The van der Waals surface area contributed by atoms with E-state index in [-0.39, 0.29) is 18.9 Å². The van der Waals surface area contributed by atoms with Crippen molar-refractivity contribution in [2.45, 2.75) is 32.3 Å². The van der Waals surface area contributed by atoms with E-state index >= 15 is 0 Å². The van der Waals surface area contributed by atoms with Gasteiger partial charge in [0.1, 0.15) is 6.79 Å². The zero-order valence-electron chi connectivity index (χ0n) is 10.8. The van der Waals surface area contributed by atoms with Crippen LogP contribution in [0.25, 0.3) is 0 Å². The zero-order valence-corrected chi connectivity index (χ0v) is 10.8. The van der Waals surface area contributed by atoms with Crippen LogP contribution < -0.4 is 0 Å². The Bertz CT molecular complexity index is 246. The van der Waals surface area contributed by atoms with Crippen molar-refractivity contribution in [3.63, 3.8) is 0 Å². The van der Waals surface area contributed by atoms with Crippen LogP contribution in [0.2, 0.25) is 0 Å². The molecule has 0 amide bonds. The molecule has 0 rings (SSSR count). The van der Waals surface area contributed by atoms with E-state index in [1.807, 2.05) is 24.3 Å². The van der Waals surface area contributed by atoms with E-state index < -0.39 is 0 Å². The summed E-state index contributed by atoms with van der Waals surface area (Å²) in [6.45, 7) is 2.29. The number of esters is 1. The molecule has 0 saturated carbocycles. The molecule has 0 aromatic carbocycles. The Balaban J connectivity index is 4.07. The Hall–Kier alpha value is -1.13. The summed E-state index contributed by atoms with van der Waals surface area (Å²) in [4.78, 5) is 11.0. The maximum Gasteiger partial charge on any atom is 0.305 e. The summed E-state index contributed by atoms with van der Waals surface area (Å²) in [6, 6.07) is 0. The first-order valence-corrected chi connectivity index (χ1v) is 5.75. The van der Waals surface area contributed by atoms with E-state index in [0.29, 0.717) is 12.8 Å². The average Bonchev–Trinajstić information content (AvgIpc) is 2.36. The number of rotatable bonds is 9. The van der Waals surface area contributed by atoms with Crippen LogP contribution in [0.3, 0.4) is 0 Å². The van der Waals surface area contributed by atoms with E-state index in [1.165, 1.54) is 7.11 Å². The summed E-state index contributed by atoms with van der Waals surface area (Å²) >= 11 is 0. The highest BCUT2D eigenvalue weighted by Gasteiger charge is 2.08. The van der Waals surface area contributed by atoms with Crippen molar-refractivity contribution >= 4 is 5.97 Å². The summed E-state index contributed by atoms with van der Waals surface area (Å²) in [5.74, 6) is -0.228. The van der Waals surface area contributed by atoms with Gasteiger partial charge in [-0.2, -0.15) is 0 Å². The van der Waals surface area contributed by atoms with Crippen LogP contribution in [-0.2, 0) is 19.0 Å². The lowest BCUT2D eigenvalue weighted by Crippen LogP contribution is -2.14. The fourth-order valence-electron chi connectivity index (χ4n) is 1.16. The third-order valence-corrected chi connectivity index (χ3v) is 2.07. The Labute approximate surface area is 103 Å². The van der Waals surface area contributed by atoms with Gasteiger partial charge < -0.3 is 14.2 Å². The molecule has 0 radical (unpaired) electrons. The fourth-order valence-corrected chi connectivity index (χ4v) is 1.16. The number of hydrogen-bond acceptors (Lipinski definition) is 4. The Kier molecular flexibility index (Phi) is 10.6. The number of carbonyl (C=O) groups is 1. The molecule has 0 bridgehead atoms. The van der Waals surface area contributed by atoms with Crippen molar-refractivity contribution in [1.82, 2.24) is 0 Å². The van der Waals surface area contributed by atoms with Gasteiger partial charge in [-0.1, -0.05) is 31.2 Å². The van der Waals surface area contributed by atoms with Crippen LogP contribution in [-0.4, -0.2) is 33.1 Å². The molecule has 0 aliphatic rings. The topological polar surface area (TPSA) is 44.8 Å². The number of hydrogen-bond donors (Lipinski definition) is 0. The number of methoxy groups -OCH3 is 2. The third-order valence-electron chi connectivity index (χ3n) is 2.07. The first kappa shape index (κ1) is 15.9. The summed E-state index contributed by atoms with van der Waals surface area (Å²) in [5, 5.41) is 0. The van der Waals surface area contributed by atoms with Crippen LogP contribution in [0.4, 0.5) is 0 Å². The number of allylic oxidation sites excluding steroid dienone is 3. The third kappa shape index (κ3) is 9.78. The van der Waals surface area contributed by atoms with Gasteiger partial charge in [0, 0.05) is 13.5 Å². The van der Waals surface area contributed by atoms with E-state index in [0.717, 1.165) is 6.42 Å². The molecule has 0 aromatic rings. The van der Waals surface area contributed by atoms with Crippen molar-refractivity contribution in [2.24, 2.45) is 0 Å². The molecule has 0 heterocycles. The first-order valence-electron chi connectivity index (χ1n) is 5.75. The minimum Gasteiger partial charge on any atom is -0.469 e. The van der Waals surface area contributed by atoms with Gasteiger partial charge in [0.25, 0.3) is 0 Å². The Morgan fingerprint density at radius 3 is 2.65 bits per heavy atom. The molecule has 98 valence electrons. The van der Waals surface area contributed by atoms with Crippen LogP contribution in [0, 0.1) is 0 Å². The lowest BCUT2D eigenvalue weighted by atomic mass is 10.2. The van der Waals surface area contributed by atoms with Gasteiger partial charge in [-0.05, 0) is 12.8 Å². The SMILES string of the molecule is CC/C=C/C=C/[C@H](CCC(=O)OC)OCOC. The van der Waals surface area contributed by atoms with E-state index in [2.05, 4.69) is 11.7 Å². The highest BCUT2D eigenvalue weighted by Crippen LogP contribution is 2.06. The average molecular weight is 242 g/mol. The summed E-state index contributed by atoms with van der Waals surface area (Å²) in [6.07, 6.45) is 9.63. The number of ether oxygens (including phenoxy) is 3. The Morgan fingerprint density at radius 1 is 1.29 bits per heavy atom. The molecule has 0 aliphatic heterocycles. The molecule has 0 aliphatic carbocycles. The van der Waals surface area contributed by atoms with Gasteiger partial charge in [0.05, 0.1) is 13.2 Å². The fraction of sp³-hybridized carbons (Fsp3) is 0.615. The van der Waals surface area contributed by atoms with Crippen molar-refractivity contribution in [1.29, 1.82) is 0 Å². The Morgan fingerprint density at radius 2 is 2.06 bits per heavy atom. The minimum atomic E-state index is -0.228. The molecule has 0 aromatic heterocycles. The zero-order chi connectivity index (χ0) is 12.9. The second-order valence-corrected chi connectivity index (χ2v) is 3.45. The molecule has 0 unspecified atom stereocenters. The van der Waals surface area contributed by atoms with Gasteiger partial charge in [0.15, 0.2) is 0 Å². The normalized spacial score (nSPS) is 13.4. The van der Waals surface area contributed by atoms with Gasteiger partial charge in [-0.3, -0.25) is 4.79 Å². The molecular formula is C13H22O4. The van der Waals surface area contributed by atoms with Gasteiger partial charge >= 0.3 is 5.97 Å². The van der Waals surface area contributed by atoms with Gasteiger partial charge in [0.2, 0.25) is 0 Å². The van der Waals surface area contributed by atoms with E-state index in [9.17, 15) is 4.79 Å². The highest BCUT2D eigenvalue weighted by molar-refractivity contribution is 5.69. The smallest absolute Gasteiger partial charge is 0.305 e. The summed E-state index contributed by atoms with van der Waals surface area (Å²) < 4.78 is 14.8. The molecule has 17 heavy (non-hydrogen) atoms. The van der Waals surface area contributed by atoms with Gasteiger partial charge in [-0.25, -0.2) is 0 Å². The summed E-state index contributed by atoms with van der Waals surface area (Å²) in [7, 11) is 2.95. The minimum absolute atomic E-state index is 0.129. The van der Waals surface area contributed by atoms with Crippen LogP contribution in [0.15, 0.2) is 24.3 Å².